The first kappa shape index (κ1) is 28.7. The van der Waals surface area contributed by atoms with Gasteiger partial charge in [0.15, 0.2) is 0 Å². The Morgan fingerprint density at radius 3 is 0.605 bits per heavy atom. The summed E-state index contributed by atoms with van der Waals surface area (Å²) in [5, 5.41) is 84.0. The number of rotatable bonds is 4. The van der Waals surface area contributed by atoms with E-state index in [1.165, 1.54) is 11.1 Å². The minimum Gasteiger partial charge on any atom is -0.269 e. The molecule has 2 heterocycles. The third-order valence-corrected chi connectivity index (χ3v) is 27.9. The standard InChI is InChI=1S/C74H14N2/c1-3-7-13(8-4-1)11-75-71-65-56-49-41-32-24-17-15-16-18-20-19(17)26-30(24)43(49)51-45-34(26)35-27(20)31-25(18)33-29-22(16)23-21(15)28(32)37-39-36(23)40-38(29)48-42(33)50-44(31)52-46(35)55(45)64-67(60(51)56)73(71,75)74-68(64)61(52)57(50)66-59(48)63-54(40)53(39)62(58(65)47(37)41)69(71)70(63)72(66,74)76(74)12-14-9-5-2-6-10-14/h1-10H,11-12H2. The highest BCUT2D eigenvalue weighted by molar-refractivity contribution is 6.81. The van der Waals surface area contributed by atoms with Crippen molar-refractivity contribution in [2.24, 2.45) is 0 Å². The van der Waals surface area contributed by atoms with Gasteiger partial charge in [-0.1, -0.05) is 60.7 Å². The van der Waals surface area contributed by atoms with Gasteiger partial charge in [0.05, 0.1) is 0 Å². The Balaban J connectivity index is 1.07. The van der Waals surface area contributed by atoms with Crippen molar-refractivity contribution in [1.82, 2.24) is 9.80 Å². The van der Waals surface area contributed by atoms with E-state index in [0.717, 1.165) is 13.1 Å². The van der Waals surface area contributed by atoms with Gasteiger partial charge in [-0.25, -0.2) is 0 Å². The molecular formula is C74H14N2. The fraction of sp³-hybridized carbons (Fsp3) is 0.0811. The Morgan fingerprint density at radius 1 is 0.184 bits per heavy atom. The molecule has 6 unspecified atom stereocenters. The quantitative estimate of drug-likeness (QED) is 0.128. The molecule has 0 bridgehead atoms. The monoisotopic (exact) mass is 930 g/mol. The molecular weight excluding hydrogens is 917 g/mol. The van der Waals surface area contributed by atoms with Gasteiger partial charge in [0.25, 0.3) is 0 Å². The maximum absolute atomic E-state index is 3.30. The smallest absolute Gasteiger partial charge is 0.101 e. The number of hydrogen-bond donors (Lipinski definition) is 0. The van der Waals surface area contributed by atoms with E-state index in [2.05, 4.69) is 70.5 Å². The maximum Gasteiger partial charge on any atom is 0.101 e. The van der Waals surface area contributed by atoms with Crippen molar-refractivity contribution < 1.29 is 0 Å². The summed E-state index contributed by atoms with van der Waals surface area (Å²) >= 11 is 0. The normalized spacial score (nSPS) is 28.1. The third kappa shape index (κ3) is 1.50. The molecule has 2 fully saturated rings. The van der Waals surface area contributed by atoms with Crippen molar-refractivity contribution in [2.45, 2.75) is 35.2 Å². The molecule has 2 heteroatoms. The minimum absolute atomic E-state index is 0.291. The first-order valence-electron chi connectivity index (χ1n) is 28.6. The summed E-state index contributed by atoms with van der Waals surface area (Å²) in [4.78, 5) is 6.60. The second-order valence-corrected chi connectivity index (χ2v) is 28.0. The summed E-state index contributed by atoms with van der Waals surface area (Å²) in [7, 11) is 0. The van der Waals surface area contributed by atoms with Crippen LogP contribution in [0.1, 0.15) is 44.5 Å². The largest absolute Gasteiger partial charge is 0.269 e. The van der Waals surface area contributed by atoms with E-state index in [1.807, 2.05) is 0 Å². The predicted octanol–water partition coefficient (Wildman–Crippen LogP) is 18.0. The van der Waals surface area contributed by atoms with E-state index in [1.54, 1.807) is 303 Å². The first-order valence-corrected chi connectivity index (χ1v) is 28.6. The molecule has 28 aromatic rings. The molecule has 0 aromatic heterocycles. The zero-order valence-corrected chi connectivity index (χ0v) is 39.1. The SMILES string of the molecule is c1ccc(CN2C34c5c6c7c8c9c%10c%11c%12c%13c(c%14c%15c3c3c5c5c7c7c%16c8c8c%10c%10c%11c%11c%13c%13c%14c%14c%15c%15c3c3c5c7c5c7c3c%15c3c%14c%14c%13c%11c%11c%10c%10c8c%16c5c5c%10c%11c%14c3c75)C24C%122N(Cc3ccccc3)C692)cc1. The van der Waals surface area contributed by atoms with Gasteiger partial charge in [-0.2, -0.15) is 0 Å². The summed E-state index contributed by atoms with van der Waals surface area (Å²) < 4.78 is 0. The molecule has 6 atom stereocenters. The Labute approximate surface area is 417 Å². The molecule has 2 nitrogen and oxygen atoms in total. The lowest BCUT2D eigenvalue weighted by atomic mass is 9.58. The van der Waals surface area contributed by atoms with Crippen LogP contribution in [0, 0.1) is 0 Å². The van der Waals surface area contributed by atoms with Gasteiger partial charge in [0.2, 0.25) is 0 Å². The fourth-order valence-corrected chi connectivity index (χ4v) is 27.9. The molecule has 8 aliphatic rings. The lowest BCUT2D eigenvalue weighted by Gasteiger charge is -2.38. The third-order valence-electron chi connectivity index (χ3n) is 27.9. The number of hydrogen-bond acceptors (Lipinski definition) is 2. The van der Waals surface area contributed by atoms with E-state index in [9.17, 15) is 0 Å². The van der Waals surface area contributed by atoms with Crippen molar-refractivity contribution in [2.75, 3.05) is 0 Å². The summed E-state index contributed by atoms with van der Waals surface area (Å²) in [5.41, 5.74) is 12.4. The second-order valence-electron chi connectivity index (χ2n) is 28.0. The Kier molecular flexibility index (Phi) is 2.46. The van der Waals surface area contributed by atoms with Gasteiger partial charge in [0.1, 0.15) is 22.2 Å². The lowest BCUT2D eigenvalue weighted by Crippen LogP contribution is -2.44. The average molecular weight is 931 g/mol. The molecule has 4 spiro atoms. The molecule has 36 rings (SSSR count). The van der Waals surface area contributed by atoms with Crippen LogP contribution in [0.25, 0.3) is 269 Å². The Morgan fingerprint density at radius 2 is 0.368 bits per heavy atom. The van der Waals surface area contributed by atoms with E-state index in [0.29, 0.717) is 0 Å². The zero-order valence-electron chi connectivity index (χ0n) is 39.1. The second kappa shape index (κ2) is 6.53. The van der Waals surface area contributed by atoms with E-state index < -0.39 is 0 Å². The van der Waals surface area contributed by atoms with Crippen molar-refractivity contribution in [3.05, 3.63) is 105 Å². The molecule has 0 radical (unpaired) electrons. The van der Waals surface area contributed by atoms with Crippen LogP contribution in [-0.2, 0) is 35.2 Å². The highest BCUT2D eigenvalue weighted by Crippen LogP contribution is 3.01. The molecule has 0 amide bonds. The van der Waals surface area contributed by atoms with Crippen LogP contribution in [0.5, 0.6) is 0 Å². The predicted molar refractivity (Wildman–Crippen MR) is 313 cm³/mol. The van der Waals surface area contributed by atoms with Gasteiger partial charge in [-0.3, -0.25) is 9.80 Å². The molecule has 76 heavy (non-hydrogen) atoms. The van der Waals surface area contributed by atoms with Crippen molar-refractivity contribution in [1.29, 1.82) is 0 Å². The minimum atomic E-state index is -0.301. The fourth-order valence-electron chi connectivity index (χ4n) is 27.9. The van der Waals surface area contributed by atoms with Crippen LogP contribution in [0.4, 0.5) is 0 Å². The lowest BCUT2D eigenvalue weighted by molar-refractivity contribution is 0.274. The van der Waals surface area contributed by atoms with E-state index in [4.69, 9.17) is 0 Å². The average Bonchev–Trinajstić information content (AvgIpc) is 1.39. The molecule has 2 aliphatic heterocycles. The van der Waals surface area contributed by atoms with Crippen LogP contribution in [0.15, 0.2) is 60.7 Å². The van der Waals surface area contributed by atoms with Crippen LogP contribution < -0.4 is 0 Å². The highest BCUT2D eigenvalue weighted by atomic mass is 15.6. The van der Waals surface area contributed by atoms with Crippen molar-refractivity contribution in [3.63, 3.8) is 0 Å². The summed E-state index contributed by atoms with van der Waals surface area (Å²) in [6.07, 6.45) is 0. The maximum atomic E-state index is 3.30. The Bertz CT molecular complexity index is 7440. The Hall–Kier alpha value is -8.92. The van der Waals surface area contributed by atoms with E-state index >= 15 is 0 Å². The topological polar surface area (TPSA) is 6.02 Å². The van der Waals surface area contributed by atoms with Crippen LogP contribution in [0.3, 0.4) is 0 Å². The molecule has 0 saturated carbocycles. The molecule has 2 saturated heterocycles. The van der Waals surface area contributed by atoms with Crippen LogP contribution in [-0.4, -0.2) is 9.80 Å². The van der Waals surface area contributed by atoms with E-state index in [-0.39, 0.29) is 22.2 Å². The number of benzene rings is 19. The summed E-state index contributed by atoms with van der Waals surface area (Å²) in [6, 6.07) is 23.8. The summed E-state index contributed by atoms with van der Waals surface area (Å²) in [6.45, 7) is 1.91. The number of nitrogens with zero attached hydrogens (tertiary/aromatic N) is 2. The van der Waals surface area contributed by atoms with Gasteiger partial charge in [0, 0.05) is 13.1 Å². The zero-order chi connectivity index (χ0) is 45.1. The molecule has 0 N–H and O–H groups in total. The van der Waals surface area contributed by atoms with Gasteiger partial charge < -0.3 is 0 Å². The van der Waals surface area contributed by atoms with Gasteiger partial charge >= 0.3 is 0 Å². The van der Waals surface area contributed by atoms with Crippen molar-refractivity contribution in [3.8, 4) is 0 Å². The van der Waals surface area contributed by atoms with Crippen molar-refractivity contribution >= 4 is 269 Å². The molecule has 28 aromatic carbocycles. The van der Waals surface area contributed by atoms with Crippen LogP contribution in [0.2, 0.25) is 0 Å². The molecule has 320 valence electrons. The first-order chi connectivity index (χ1) is 37.9. The van der Waals surface area contributed by atoms with Gasteiger partial charge in [-0.05, 0) is 314 Å². The summed E-state index contributed by atoms with van der Waals surface area (Å²) in [5.74, 6) is 0. The van der Waals surface area contributed by atoms with Gasteiger partial charge in [-0.15, -0.1) is 0 Å². The van der Waals surface area contributed by atoms with Crippen LogP contribution >= 0.6 is 0 Å². The highest BCUT2D eigenvalue weighted by Gasteiger charge is 3.04. The molecule has 6 aliphatic carbocycles.